The van der Waals surface area contributed by atoms with E-state index in [1.54, 1.807) is 6.20 Å². The average molecular weight is 412 g/mol. The van der Waals surface area contributed by atoms with Gasteiger partial charge in [0.1, 0.15) is 17.7 Å². The Morgan fingerprint density at radius 1 is 1.13 bits per heavy atom. The maximum Gasteiger partial charge on any atom is 0.322 e. The first kappa shape index (κ1) is 18.8. The first-order valence-corrected chi connectivity index (χ1v) is 10.2. The molecule has 0 saturated carbocycles. The zero-order chi connectivity index (χ0) is 20.7. The van der Waals surface area contributed by atoms with Gasteiger partial charge in [0.15, 0.2) is 5.65 Å². The summed E-state index contributed by atoms with van der Waals surface area (Å²) in [5.41, 5.74) is 2.20. The van der Waals surface area contributed by atoms with Crippen molar-refractivity contribution in [1.82, 2.24) is 19.7 Å². The first-order chi connectivity index (χ1) is 14.6. The number of urea groups is 1. The number of nitrogens with one attached hydrogen (secondary N) is 1. The van der Waals surface area contributed by atoms with Crippen LogP contribution in [0.25, 0.3) is 16.7 Å². The molecule has 0 atom stereocenters. The molecule has 2 aliphatic rings. The van der Waals surface area contributed by atoms with Crippen LogP contribution in [0.2, 0.25) is 0 Å². The third-order valence-electron chi connectivity index (χ3n) is 5.63. The molecule has 0 spiro atoms. The summed E-state index contributed by atoms with van der Waals surface area (Å²) in [5, 5.41) is 7.90. The highest BCUT2D eigenvalue weighted by Gasteiger charge is 2.30. The van der Waals surface area contributed by atoms with Crippen LogP contribution >= 0.6 is 0 Å². The molecule has 30 heavy (non-hydrogen) atoms. The summed E-state index contributed by atoms with van der Waals surface area (Å²) in [6.45, 7) is 2.18. The van der Waals surface area contributed by atoms with Gasteiger partial charge in [0.2, 0.25) is 0 Å². The van der Waals surface area contributed by atoms with Crippen LogP contribution in [0, 0.1) is 5.82 Å². The van der Waals surface area contributed by atoms with E-state index < -0.39 is 18.0 Å². The molecule has 2 amide bonds. The predicted octanol–water partition coefficient (Wildman–Crippen LogP) is 3.74. The number of benzene rings is 1. The van der Waals surface area contributed by atoms with Crippen LogP contribution in [0.3, 0.4) is 0 Å². The molecule has 2 fully saturated rings. The molecule has 2 aliphatic heterocycles. The lowest BCUT2D eigenvalue weighted by Crippen LogP contribution is -2.53. The van der Waals surface area contributed by atoms with Crippen LogP contribution in [0.5, 0.6) is 0 Å². The fourth-order valence-electron chi connectivity index (χ4n) is 3.91. The molecule has 0 radical (unpaired) electrons. The van der Waals surface area contributed by atoms with Crippen LogP contribution in [0.4, 0.5) is 25.0 Å². The van der Waals surface area contributed by atoms with Gasteiger partial charge in [-0.05, 0) is 43.5 Å². The monoisotopic (exact) mass is 412 g/mol. The smallest absolute Gasteiger partial charge is 0.322 e. The van der Waals surface area contributed by atoms with Gasteiger partial charge in [-0.3, -0.25) is 0 Å². The van der Waals surface area contributed by atoms with Gasteiger partial charge in [-0.1, -0.05) is 0 Å². The van der Waals surface area contributed by atoms with Crippen molar-refractivity contribution in [2.24, 2.45) is 0 Å². The van der Waals surface area contributed by atoms with Crippen molar-refractivity contribution in [3.8, 4) is 5.69 Å². The number of fused-ring (bicyclic) bond motifs is 1. The molecule has 4 heterocycles. The average Bonchev–Trinajstić information content (AvgIpc) is 3.16. The summed E-state index contributed by atoms with van der Waals surface area (Å²) < 4.78 is 28.9. The van der Waals surface area contributed by atoms with Gasteiger partial charge in [-0.2, -0.15) is 0 Å². The number of hydrogen-bond acceptors (Lipinski definition) is 4. The molecule has 0 aliphatic carbocycles. The van der Waals surface area contributed by atoms with E-state index in [9.17, 15) is 13.6 Å². The van der Waals surface area contributed by atoms with Crippen molar-refractivity contribution in [1.29, 1.82) is 0 Å². The first-order valence-electron chi connectivity index (χ1n) is 10.2. The molecule has 0 bridgehead atoms. The van der Waals surface area contributed by atoms with E-state index in [2.05, 4.69) is 20.3 Å². The Balaban J connectivity index is 1.40. The van der Waals surface area contributed by atoms with E-state index in [4.69, 9.17) is 0 Å². The highest BCUT2D eigenvalue weighted by atomic mass is 19.1. The molecule has 5 rings (SSSR count). The van der Waals surface area contributed by atoms with Crippen LogP contribution in [0.15, 0.2) is 36.7 Å². The van der Waals surface area contributed by atoms with E-state index in [0.29, 0.717) is 11.3 Å². The fourth-order valence-corrected chi connectivity index (χ4v) is 3.91. The predicted molar refractivity (Wildman–Crippen MR) is 110 cm³/mol. The number of likely N-dealkylation sites (tertiary alicyclic amines) is 1. The van der Waals surface area contributed by atoms with E-state index in [-0.39, 0.29) is 18.8 Å². The van der Waals surface area contributed by atoms with Gasteiger partial charge in [-0.25, -0.2) is 23.2 Å². The third-order valence-corrected chi connectivity index (χ3v) is 5.63. The maximum absolute atomic E-state index is 14.5. The van der Waals surface area contributed by atoms with Crippen LogP contribution < -0.4 is 10.2 Å². The molecule has 0 unspecified atom stereocenters. The number of amides is 2. The molecule has 156 valence electrons. The molecular weight excluding hydrogens is 390 g/mol. The van der Waals surface area contributed by atoms with Crippen molar-refractivity contribution >= 4 is 28.4 Å². The van der Waals surface area contributed by atoms with Gasteiger partial charge >= 0.3 is 6.03 Å². The molecule has 7 nitrogen and oxygen atoms in total. The van der Waals surface area contributed by atoms with Gasteiger partial charge in [0.25, 0.3) is 0 Å². The minimum atomic E-state index is -0.974. The number of carbonyl (C=O) groups is 1. The Kier molecular flexibility index (Phi) is 4.72. The van der Waals surface area contributed by atoms with Crippen molar-refractivity contribution in [3.05, 3.63) is 42.5 Å². The van der Waals surface area contributed by atoms with Gasteiger partial charge < -0.3 is 15.1 Å². The molecule has 2 aromatic heterocycles. The Morgan fingerprint density at radius 3 is 2.70 bits per heavy atom. The summed E-state index contributed by atoms with van der Waals surface area (Å²) in [6, 6.07) is 5.88. The fraction of sp³-hybridized carbons (Fsp3) is 0.381. The largest absolute Gasteiger partial charge is 0.370 e. The number of anilines is 2. The summed E-state index contributed by atoms with van der Waals surface area (Å²) in [6.07, 6.45) is 6.17. The van der Waals surface area contributed by atoms with Crippen LogP contribution in [-0.4, -0.2) is 58.0 Å². The zero-order valence-corrected chi connectivity index (χ0v) is 16.4. The van der Waals surface area contributed by atoms with Gasteiger partial charge in [0, 0.05) is 30.4 Å². The van der Waals surface area contributed by atoms with Crippen LogP contribution in [-0.2, 0) is 0 Å². The number of halogens is 2. The summed E-state index contributed by atoms with van der Waals surface area (Å²) in [5.74, 6) is -0.468. The topological polar surface area (TPSA) is 66.3 Å². The number of rotatable bonds is 3. The Labute approximate surface area is 172 Å². The maximum atomic E-state index is 14.5. The van der Waals surface area contributed by atoms with Gasteiger partial charge in [0.05, 0.1) is 25.0 Å². The molecular formula is C21H22F2N6O. The number of carbonyl (C=O) groups excluding carboxylic acids is 1. The summed E-state index contributed by atoms with van der Waals surface area (Å²) >= 11 is 0. The second-order valence-electron chi connectivity index (χ2n) is 7.83. The number of nitrogens with zero attached hydrogens (tertiary/aromatic N) is 5. The van der Waals surface area contributed by atoms with E-state index in [0.717, 1.165) is 24.2 Å². The van der Waals surface area contributed by atoms with Crippen molar-refractivity contribution in [3.63, 3.8) is 0 Å². The SMILES string of the molecule is O=C(Nc1ccc(F)c(-n2cc3cc(N4CCCCC4)cnc3n2)c1)N1CC(F)C1. The zero-order valence-electron chi connectivity index (χ0n) is 16.4. The Hall–Kier alpha value is -3.23. The van der Waals surface area contributed by atoms with Crippen molar-refractivity contribution < 1.29 is 13.6 Å². The lowest BCUT2D eigenvalue weighted by molar-refractivity contribution is 0.0974. The van der Waals surface area contributed by atoms with Crippen LogP contribution in [0.1, 0.15) is 19.3 Å². The number of piperidine rings is 1. The molecule has 1 N–H and O–H groups in total. The Bertz CT molecular complexity index is 1090. The number of aromatic nitrogens is 3. The van der Waals surface area contributed by atoms with Crippen molar-refractivity contribution in [2.75, 3.05) is 36.4 Å². The van der Waals surface area contributed by atoms with E-state index in [1.165, 1.54) is 47.0 Å². The standard InChI is InChI=1S/C21H22F2N6O/c22-15-12-28(13-15)21(30)25-16-4-5-18(23)19(9-16)29-11-14-8-17(10-24-20(14)26-29)27-6-2-1-3-7-27/h4-5,8-11,15H,1-3,6-7,12-13H2,(H,25,30). The molecule has 9 heteroatoms. The van der Waals surface area contributed by atoms with E-state index in [1.807, 2.05) is 12.3 Å². The lowest BCUT2D eigenvalue weighted by atomic mass is 10.1. The minimum absolute atomic E-state index is 0.0788. The second kappa shape index (κ2) is 7.55. The van der Waals surface area contributed by atoms with E-state index >= 15 is 0 Å². The summed E-state index contributed by atoms with van der Waals surface area (Å²) in [7, 11) is 0. The molecule has 2 saturated heterocycles. The quantitative estimate of drug-likeness (QED) is 0.712. The Morgan fingerprint density at radius 2 is 1.93 bits per heavy atom. The lowest BCUT2D eigenvalue weighted by Gasteiger charge is -2.34. The normalized spacial score (nSPS) is 17.3. The highest BCUT2D eigenvalue weighted by Crippen LogP contribution is 2.25. The number of hydrogen-bond donors (Lipinski definition) is 1. The molecule has 3 aromatic rings. The minimum Gasteiger partial charge on any atom is -0.370 e. The summed E-state index contributed by atoms with van der Waals surface area (Å²) in [4.78, 5) is 20.2. The second-order valence-corrected chi connectivity index (χ2v) is 7.83. The number of alkyl halides is 1. The highest BCUT2D eigenvalue weighted by molar-refractivity contribution is 5.90. The molecule has 1 aromatic carbocycles. The van der Waals surface area contributed by atoms with Crippen molar-refractivity contribution in [2.45, 2.75) is 25.4 Å². The van der Waals surface area contributed by atoms with Gasteiger partial charge in [-0.15, -0.1) is 5.10 Å². The third kappa shape index (κ3) is 3.55. The number of pyridine rings is 1.